The Morgan fingerprint density at radius 3 is 2.76 bits per heavy atom. The maximum absolute atomic E-state index is 9.85. The number of hydrogen-bond acceptors (Lipinski definition) is 4. The van der Waals surface area contributed by atoms with Crippen LogP contribution in [0.4, 0.5) is 0 Å². The first kappa shape index (κ1) is 13.5. The quantitative estimate of drug-likeness (QED) is 0.446. The summed E-state index contributed by atoms with van der Waals surface area (Å²) >= 11 is 0. The van der Waals surface area contributed by atoms with E-state index < -0.39 is 12.2 Å². The SMILES string of the molecule is CC(C)n1cc(C(O)C(O)CCN=[N+]=[N-])cn1. The summed E-state index contributed by atoms with van der Waals surface area (Å²) in [6, 6.07) is 0.205. The van der Waals surface area contributed by atoms with Gasteiger partial charge in [-0.25, -0.2) is 0 Å². The van der Waals surface area contributed by atoms with Crippen molar-refractivity contribution in [1.29, 1.82) is 0 Å². The molecule has 0 aliphatic carbocycles. The molecular weight excluding hydrogens is 222 g/mol. The molecule has 0 aromatic carbocycles. The van der Waals surface area contributed by atoms with E-state index in [-0.39, 0.29) is 19.0 Å². The highest BCUT2D eigenvalue weighted by atomic mass is 16.3. The molecule has 2 unspecified atom stereocenters. The number of rotatable bonds is 6. The Bertz CT molecular complexity index is 397. The lowest BCUT2D eigenvalue weighted by molar-refractivity contribution is 0.0150. The molecule has 94 valence electrons. The number of azide groups is 1. The molecule has 0 saturated heterocycles. The standard InChI is InChI=1S/C10H17N5O2/c1-7(2)15-6-8(5-13-15)10(17)9(16)3-4-12-14-11/h5-7,9-10,16-17H,3-4H2,1-2H3. The largest absolute Gasteiger partial charge is 0.390 e. The van der Waals surface area contributed by atoms with Crippen LogP contribution in [0.2, 0.25) is 0 Å². The highest BCUT2D eigenvalue weighted by Gasteiger charge is 2.19. The normalized spacial score (nSPS) is 14.4. The van der Waals surface area contributed by atoms with E-state index in [1.165, 1.54) is 6.20 Å². The van der Waals surface area contributed by atoms with Crippen LogP contribution in [0.3, 0.4) is 0 Å². The molecule has 0 bridgehead atoms. The summed E-state index contributed by atoms with van der Waals surface area (Å²) in [7, 11) is 0. The maximum atomic E-state index is 9.85. The second kappa shape index (κ2) is 6.24. The van der Waals surface area contributed by atoms with Crippen molar-refractivity contribution in [3.63, 3.8) is 0 Å². The Morgan fingerprint density at radius 2 is 2.24 bits per heavy atom. The van der Waals surface area contributed by atoms with E-state index in [1.54, 1.807) is 10.9 Å². The van der Waals surface area contributed by atoms with E-state index in [0.29, 0.717) is 5.56 Å². The molecule has 2 atom stereocenters. The van der Waals surface area contributed by atoms with Crippen molar-refractivity contribution in [2.75, 3.05) is 6.54 Å². The maximum Gasteiger partial charge on any atom is 0.108 e. The second-order valence-corrected chi connectivity index (χ2v) is 4.10. The number of aliphatic hydroxyl groups excluding tert-OH is 2. The Hall–Kier alpha value is -1.56. The molecule has 0 spiro atoms. The van der Waals surface area contributed by atoms with Gasteiger partial charge in [-0.1, -0.05) is 5.11 Å². The third kappa shape index (κ3) is 3.74. The van der Waals surface area contributed by atoms with Crippen molar-refractivity contribution >= 4 is 0 Å². The van der Waals surface area contributed by atoms with Gasteiger partial charge in [0.05, 0.1) is 12.3 Å². The predicted molar refractivity (Wildman–Crippen MR) is 62.2 cm³/mol. The van der Waals surface area contributed by atoms with Crippen LogP contribution in [-0.2, 0) is 0 Å². The van der Waals surface area contributed by atoms with Crippen LogP contribution >= 0.6 is 0 Å². The van der Waals surface area contributed by atoms with Crippen molar-refractivity contribution in [3.8, 4) is 0 Å². The van der Waals surface area contributed by atoms with Gasteiger partial charge in [0, 0.05) is 29.3 Å². The molecule has 7 heteroatoms. The topological polar surface area (TPSA) is 107 Å². The van der Waals surface area contributed by atoms with Crippen LogP contribution < -0.4 is 0 Å². The fourth-order valence-electron chi connectivity index (χ4n) is 1.40. The van der Waals surface area contributed by atoms with Crippen molar-refractivity contribution in [2.45, 2.75) is 38.5 Å². The molecule has 0 amide bonds. The first-order valence-electron chi connectivity index (χ1n) is 5.47. The molecule has 7 nitrogen and oxygen atoms in total. The molecule has 1 aromatic rings. The minimum absolute atomic E-state index is 0.160. The summed E-state index contributed by atoms with van der Waals surface area (Å²) in [5, 5.41) is 26.9. The predicted octanol–water partition coefficient (Wildman–Crippen LogP) is 1.56. The average Bonchev–Trinajstić information content (AvgIpc) is 2.77. The number of nitrogens with zero attached hydrogens (tertiary/aromatic N) is 5. The van der Waals surface area contributed by atoms with Gasteiger partial charge in [-0.2, -0.15) is 5.10 Å². The summed E-state index contributed by atoms with van der Waals surface area (Å²) in [5.41, 5.74) is 8.66. The Balaban J connectivity index is 2.60. The second-order valence-electron chi connectivity index (χ2n) is 4.10. The zero-order valence-electron chi connectivity index (χ0n) is 9.93. The average molecular weight is 239 g/mol. The first-order chi connectivity index (χ1) is 8.06. The lowest BCUT2D eigenvalue weighted by Crippen LogP contribution is -2.18. The summed E-state index contributed by atoms with van der Waals surface area (Å²) < 4.78 is 1.71. The molecule has 0 radical (unpaired) electrons. The Morgan fingerprint density at radius 1 is 1.53 bits per heavy atom. The zero-order valence-corrected chi connectivity index (χ0v) is 9.93. The van der Waals surface area contributed by atoms with Crippen LogP contribution in [0.5, 0.6) is 0 Å². The van der Waals surface area contributed by atoms with E-state index in [9.17, 15) is 10.2 Å². The molecule has 1 aromatic heterocycles. The number of aliphatic hydroxyl groups is 2. The lowest BCUT2D eigenvalue weighted by atomic mass is 10.1. The van der Waals surface area contributed by atoms with Crippen LogP contribution in [-0.4, -0.2) is 32.6 Å². The minimum Gasteiger partial charge on any atom is -0.390 e. The molecule has 0 aliphatic heterocycles. The molecule has 1 heterocycles. The molecule has 0 fully saturated rings. The molecular formula is C10H17N5O2. The summed E-state index contributed by atoms with van der Waals surface area (Å²) in [5.74, 6) is 0. The third-order valence-electron chi connectivity index (χ3n) is 2.44. The third-order valence-corrected chi connectivity index (χ3v) is 2.44. The molecule has 17 heavy (non-hydrogen) atoms. The molecule has 0 aliphatic rings. The number of hydrogen-bond donors (Lipinski definition) is 2. The fourth-order valence-corrected chi connectivity index (χ4v) is 1.40. The van der Waals surface area contributed by atoms with Crippen molar-refractivity contribution < 1.29 is 10.2 Å². The zero-order chi connectivity index (χ0) is 12.8. The minimum atomic E-state index is -1.00. The van der Waals surface area contributed by atoms with Gasteiger partial charge >= 0.3 is 0 Å². The van der Waals surface area contributed by atoms with Crippen molar-refractivity contribution in [2.24, 2.45) is 5.11 Å². The molecule has 1 rings (SSSR count). The van der Waals surface area contributed by atoms with Gasteiger partial charge in [0.15, 0.2) is 0 Å². The summed E-state index contributed by atoms with van der Waals surface area (Å²) in [6.45, 7) is 4.11. The Labute approximate surface area is 99.3 Å². The van der Waals surface area contributed by atoms with E-state index in [4.69, 9.17) is 5.53 Å². The highest BCUT2D eigenvalue weighted by Crippen LogP contribution is 2.19. The van der Waals surface area contributed by atoms with Crippen molar-refractivity contribution in [3.05, 3.63) is 28.4 Å². The van der Waals surface area contributed by atoms with Crippen molar-refractivity contribution in [1.82, 2.24) is 9.78 Å². The number of aromatic nitrogens is 2. The highest BCUT2D eigenvalue weighted by molar-refractivity contribution is 5.10. The monoisotopic (exact) mass is 239 g/mol. The van der Waals surface area contributed by atoms with Crippen LogP contribution in [0, 0.1) is 0 Å². The van der Waals surface area contributed by atoms with Crippen LogP contribution in [0.1, 0.15) is 38.0 Å². The summed E-state index contributed by atoms with van der Waals surface area (Å²) in [4.78, 5) is 2.58. The van der Waals surface area contributed by atoms with E-state index >= 15 is 0 Å². The lowest BCUT2D eigenvalue weighted by Gasteiger charge is -2.15. The van der Waals surface area contributed by atoms with Gasteiger partial charge < -0.3 is 10.2 Å². The molecule has 0 saturated carbocycles. The summed E-state index contributed by atoms with van der Waals surface area (Å²) in [6.07, 6.45) is 1.49. The first-order valence-corrected chi connectivity index (χ1v) is 5.47. The van der Waals surface area contributed by atoms with Gasteiger partial charge in [0.2, 0.25) is 0 Å². The van der Waals surface area contributed by atoms with Gasteiger partial charge in [-0.05, 0) is 25.8 Å². The van der Waals surface area contributed by atoms with E-state index in [1.807, 2.05) is 13.8 Å². The smallest absolute Gasteiger partial charge is 0.108 e. The van der Waals surface area contributed by atoms with Crippen LogP contribution in [0.15, 0.2) is 17.5 Å². The van der Waals surface area contributed by atoms with Crippen LogP contribution in [0.25, 0.3) is 10.4 Å². The van der Waals surface area contributed by atoms with Gasteiger partial charge in [-0.15, -0.1) is 0 Å². The van der Waals surface area contributed by atoms with Gasteiger partial charge in [-0.3, -0.25) is 4.68 Å². The molecule has 2 N–H and O–H groups in total. The van der Waals surface area contributed by atoms with E-state index in [2.05, 4.69) is 15.1 Å². The van der Waals surface area contributed by atoms with E-state index in [0.717, 1.165) is 0 Å². The Kier molecular flexibility index (Phi) is 4.96. The van der Waals surface area contributed by atoms with Gasteiger partial charge in [0.25, 0.3) is 0 Å². The fraction of sp³-hybridized carbons (Fsp3) is 0.700. The van der Waals surface area contributed by atoms with Gasteiger partial charge in [0.1, 0.15) is 6.10 Å².